The molecule has 0 atom stereocenters. The SMILES string of the molecule is CCNC(=NCc1cccc(S(=O)(=O)N2CCCCC2)c1)NCCCOCC(C)C.I. The van der Waals surface area contributed by atoms with Crippen LogP contribution in [0.2, 0.25) is 0 Å². The lowest BCUT2D eigenvalue weighted by Crippen LogP contribution is -2.38. The minimum atomic E-state index is -3.42. The molecule has 0 unspecified atom stereocenters. The van der Waals surface area contributed by atoms with Crippen molar-refractivity contribution >= 4 is 40.0 Å². The summed E-state index contributed by atoms with van der Waals surface area (Å²) in [5, 5.41) is 6.54. The zero-order chi connectivity index (χ0) is 21.8. The number of rotatable bonds is 11. The third-order valence-corrected chi connectivity index (χ3v) is 6.72. The lowest BCUT2D eigenvalue weighted by Gasteiger charge is -2.26. The largest absolute Gasteiger partial charge is 0.381 e. The molecule has 1 aliphatic heterocycles. The van der Waals surface area contributed by atoms with Crippen LogP contribution in [0.15, 0.2) is 34.2 Å². The van der Waals surface area contributed by atoms with Crippen LogP contribution in [0, 0.1) is 5.92 Å². The molecule has 1 aromatic carbocycles. The van der Waals surface area contributed by atoms with E-state index in [2.05, 4.69) is 29.5 Å². The molecule has 178 valence electrons. The van der Waals surface area contributed by atoms with Crippen LogP contribution >= 0.6 is 24.0 Å². The van der Waals surface area contributed by atoms with Crippen molar-refractivity contribution in [2.24, 2.45) is 10.9 Å². The Morgan fingerprint density at radius 3 is 2.61 bits per heavy atom. The molecule has 31 heavy (non-hydrogen) atoms. The molecule has 1 saturated heterocycles. The van der Waals surface area contributed by atoms with E-state index in [1.54, 1.807) is 22.5 Å². The van der Waals surface area contributed by atoms with E-state index in [0.717, 1.165) is 63.5 Å². The summed E-state index contributed by atoms with van der Waals surface area (Å²) in [6, 6.07) is 7.14. The number of hydrogen-bond donors (Lipinski definition) is 2. The molecule has 7 nitrogen and oxygen atoms in total. The van der Waals surface area contributed by atoms with Crippen molar-refractivity contribution in [3.05, 3.63) is 29.8 Å². The highest BCUT2D eigenvalue weighted by Crippen LogP contribution is 2.21. The predicted octanol–water partition coefficient (Wildman–Crippen LogP) is 3.60. The van der Waals surface area contributed by atoms with Gasteiger partial charge in [-0.3, -0.25) is 0 Å². The molecule has 0 amide bonds. The van der Waals surface area contributed by atoms with Gasteiger partial charge in [-0.05, 0) is 49.8 Å². The summed E-state index contributed by atoms with van der Waals surface area (Å²) in [6.45, 7) is 11.0. The van der Waals surface area contributed by atoms with E-state index in [-0.39, 0.29) is 24.0 Å². The second kappa shape index (κ2) is 15.0. The number of hydrogen-bond acceptors (Lipinski definition) is 4. The molecule has 1 aliphatic rings. The standard InChI is InChI=1S/C22H38N4O3S.HI/c1-4-23-22(24-12-9-15-29-18-19(2)3)25-17-20-10-8-11-21(16-20)30(27,28)26-13-6-5-7-14-26;/h8,10-11,16,19H,4-7,9,12-15,17-18H2,1-3H3,(H2,23,24,25);1H. The number of benzene rings is 1. The minimum absolute atomic E-state index is 0. The van der Waals surface area contributed by atoms with Crippen molar-refractivity contribution in [1.82, 2.24) is 14.9 Å². The van der Waals surface area contributed by atoms with Crippen LogP contribution in [-0.2, 0) is 21.3 Å². The number of nitrogens with zero attached hydrogens (tertiary/aromatic N) is 2. The summed E-state index contributed by atoms with van der Waals surface area (Å²) in [4.78, 5) is 4.97. The van der Waals surface area contributed by atoms with Crippen molar-refractivity contribution in [2.75, 3.05) is 39.4 Å². The van der Waals surface area contributed by atoms with Crippen LogP contribution in [0.25, 0.3) is 0 Å². The first-order valence-corrected chi connectivity index (χ1v) is 12.6. The van der Waals surface area contributed by atoms with E-state index in [4.69, 9.17) is 4.74 Å². The van der Waals surface area contributed by atoms with Crippen molar-refractivity contribution in [3.63, 3.8) is 0 Å². The third kappa shape index (κ3) is 10.0. The smallest absolute Gasteiger partial charge is 0.243 e. The molecule has 0 aliphatic carbocycles. The summed E-state index contributed by atoms with van der Waals surface area (Å²) in [6.07, 6.45) is 3.87. The first-order valence-electron chi connectivity index (χ1n) is 11.1. The van der Waals surface area contributed by atoms with Gasteiger partial charge >= 0.3 is 0 Å². The highest BCUT2D eigenvalue weighted by Gasteiger charge is 2.25. The van der Waals surface area contributed by atoms with E-state index in [0.29, 0.717) is 30.4 Å². The Kier molecular flexibility index (Phi) is 13.6. The average molecular weight is 567 g/mol. The molecule has 0 saturated carbocycles. The van der Waals surface area contributed by atoms with Crippen LogP contribution in [0.1, 0.15) is 52.0 Å². The van der Waals surface area contributed by atoms with Crippen LogP contribution in [0.4, 0.5) is 0 Å². The number of ether oxygens (including phenoxy) is 1. The lowest BCUT2D eigenvalue weighted by atomic mass is 10.2. The predicted molar refractivity (Wildman–Crippen MR) is 138 cm³/mol. The molecule has 9 heteroatoms. The second-order valence-corrected chi connectivity index (χ2v) is 9.99. The van der Waals surface area contributed by atoms with Gasteiger partial charge in [-0.15, -0.1) is 24.0 Å². The summed E-state index contributed by atoms with van der Waals surface area (Å²) in [5.74, 6) is 1.27. The molecule has 0 bridgehead atoms. The minimum Gasteiger partial charge on any atom is -0.381 e. The number of nitrogens with one attached hydrogen (secondary N) is 2. The maximum atomic E-state index is 12.9. The summed E-state index contributed by atoms with van der Waals surface area (Å²) in [7, 11) is -3.42. The van der Waals surface area contributed by atoms with Crippen molar-refractivity contribution in [3.8, 4) is 0 Å². The fourth-order valence-electron chi connectivity index (χ4n) is 3.27. The maximum absolute atomic E-state index is 12.9. The lowest BCUT2D eigenvalue weighted by molar-refractivity contribution is 0.108. The third-order valence-electron chi connectivity index (χ3n) is 4.82. The van der Waals surface area contributed by atoms with Crippen LogP contribution in [0.5, 0.6) is 0 Å². The van der Waals surface area contributed by atoms with E-state index in [9.17, 15) is 8.42 Å². The number of guanidine groups is 1. The average Bonchev–Trinajstić information content (AvgIpc) is 2.75. The summed E-state index contributed by atoms with van der Waals surface area (Å²) < 4.78 is 33.0. The van der Waals surface area contributed by atoms with Gasteiger partial charge in [-0.2, -0.15) is 4.31 Å². The molecule has 2 rings (SSSR count). The number of sulfonamides is 1. The Labute approximate surface area is 205 Å². The molecular formula is C22H39IN4O3S. The van der Waals surface area contributed by atoms with Gasteiger partial charge in [0.1, 0.15) is 0 Å². The maximum Gasteiger partial charge on any atom is 0.243 e. The zero-order valence-corrected chi connectivity index (χ0v) is 22.2. The normalized spacial score (nSPS) is 15.5. The zero-order valence-electron chi connectivity index (χ0n) is 19.1. The highest BCUT2D eigenvalue weighted by molar-refractivity contribution is 14.0. The molecule has 1 heterocycles. The molecule has 0 aromatic heterocycles. The number of halogens is 1. The second-order valence-electron chi connectivity index (χ2n) is 8.06. The molecule has 0 spiro atoms. The van der Waals surface area contributed by atoms with E-state index < -0.39 is 10.0 Å². The van der Waals surface area contributed by atoms with E-state index >= 15 is 0 Å². The summed E-state index contributed by atoms with van der Waals surface area (Å²) >= 11 is 0. The summed E-state index contributed by atoms with van der Waals surface area (Å²) in [5.41, 5.74) is 0.880. The Morgan fingerprint density at radius 1 is 1.19 bits per heavy atom. The van der Waals surface area contributed by atoms with Crippen LogP contribution in [0.3, 0.4) is 0 Å². The van der Waals surface area contributed by atoms with Crippen molar-refractivity contribution in [1.29, 1.82) is 0 Å². The molecule has 1 aromatic rings. The fourth-order valence-corrected chi connectivity index (χ4v) is 4.86. The van der Waals surface area contributed by atoms with Gasteiger partial charge in [0.25, 0.3) is 0 Å². The number of piperidine rings is 1. The monoisotopic (exact) mass is 566 g/mol. The molecule has 2 N–H and O–H groups in total. The van der Waals surface area contributed by atoms with E-state index in [1.165, 1.54) is 0 Å². The Balaban J connectivity index is 0.00000480. The van der Waals surface area contributed by atoms with Gasteiger partial charge in [0.2, 0.25) is 10.0 Å². The fraction of sp³-hybridized carbons (Fsp3) is 0.682. The Bertz CT molecular complexity index is 766. The van der Waals surface area contributed by atoms with Crippen LogP contribution < -0.4 is 10.6 Å². The van der Waals surface area contributed by atoms with Gasteiger partial charge in [0, 0.05) is 39.4 Å². The molecule has 0 radical (unpaired) electrons. The first-order chi connectivity index (χ1) is 14.4. The van der Waals surface area contributed by atoms with Gasteiger partial charge in [0.05, 0.1) is 11.4 Å². The van der Waals surface area contributed by atoms with Gasteiger partial charge in [-0.1, -0.05) is 32.4 Å². The topological polar surface area (TPSA) is 83.0 Å². The first kappa shape index (κ1) is 28.1. The van der Waals surface area contributed by atoms with Gasteiger partial charge in [-0.25, -0.2) is 13.4 Å². The van der Waals surface area contributed by atoms with Crippen molar-refractivity contribution in [2.45, 2.75) is 57.9 Å². The van der Waals surface area contributed by atoms with E-state index in [1.807, 2.05) is 13.0 Å². The Hall–Kier alpha value is -0.910. The number of aliphatic imine (C=N–C) groups is 1. The van der Waals surface area contributed by atoms with Crippen LogP contribution in [-0.4, -0.2) is 58.1 Å². The quantitative estimate of drug-likeness (QED) is 0.185. The highest BCUT2D eigenvalue weighted by atomic mass is 127. The molecular weight excluding hydrogens is 527 g/mol. The molecule has 1 fully saturated rings. The Morgan fingerprint density at radius 2 is 1.94 bits per heavy atom. The van der Waals surface area contributed by atoms with Crippen molar-refractivity contribution < 1.29 is 13.2 Å². The van der Waals surface area contributed by atoms with Gasteiger partial charge in [0.15, 0.2) is 5.96 Å². The van der Waals surface area contributed by atoms with Gasteiger partial charge < -0.3 is 15.4 Å².